The van der Waals surface area contributed by atoms with Crippen LogP contribution in [0, 0.1) is 0 Å². The lowest BCUT2D eigenvalue weighted by Crippen LogP contribution is -2.44. The van der Waals surface area contributed by atoms with Crippen LogP contribution in [0.15, 0.2) is 60.9 Å². The van der Waals surface area contributed by atoms with Gasteiger partial charge in [-0.25, -0.2) is 4.98 Å². The molecular weight excluding hydrogens is 322 g/mol. The van der Waals surface area contributed by atoms with Crippen molar-refractivity contribution in [2.75, 3.05) is 13.1 Å². The molecule has 1 saturated carbocycles. The molecule has 0 spiro atoms. The Hall–Kier alpha value is -2.62. The van der Waals surface area contributed by atoms with E-state index in [2.05, 4.69) is 44.8 Å². The molecule has 0 atom stereocenters. The molecule has 1 amide bonds. The van der Waals surface area contributed by atoms with Crippen molar-refractivity contribution in [3.8, 4) is 0 Å². The van der Waals surface area contributed by atoms with Gasteiger partial charge in [0.15, 0.2) is 0 Å². The van der Waals surface area contributed by atoms with E-state index in [1.165, 1.54) is 11.1 Å². The molecular formula is C22H23N3O. The molecule has 0 unspecified atom stereocenters. The van der Waals surface area contributed by atoms with Crippen LogP contribution in [0.2, 0.25) is 0 Å². The minimum Gasteiger partial charge on any atom is -0.342 e. The summed E-state index contributed by atoms with van der Waals surface area (Å²) >= 11 is 0. The first kappa shape index (κ1) is 15.6. The Labute approximate surface area is 153 Å². The number of hydrogen-bond donors (Lipinski definition) is 0. The van der Waals surface area contributed by atoms with Crippen LogP contribution in [0.1, 0.15) is 37.3 Å². The quantitative estimate of drug-likeness (QED) is 0.721. The van der Waals surface area contributed by atoms with Crippen molar-refractivity contribution in [1.29, 1.82) is 0 Å². The third-order valence-electron chi connectivity index (χ3n) is 6.11. The van der Waals surface area contributed by atoms with E-state index in [0.717, 1.165) is 44.3 Å². The van der Waals surface area contributed by atoms with Gasteiger partial charge in [-0.1, -0.05) is 42.5 Å². The first-order valence-electron chi connectivity index (χ1n) is 9.54. The summed E-state index contributed by atoms with van der Waals surface area (Å²) < 4.78 is 2.29. The standard InChI is InChI=1S/C22H23N3O/c26-21(22(12-13-22)17-6-2-1-3-7-17)24-14-10-18(11-15-24)25-16-23-19-8-4-5-9-20(19)25/h1-9,16,18H,10-15H2. The molecule has 1 aliphatic carbocycles. The molecule has 4 nitrogen and oxygen atoms in total. The smallest absolute Gasteiger partial charge is 0.233 e. The Balaban J connectivity index is 1.31. The summed E-state index contributed by atoms with van der Waals surface area (Å²) in [7, 11) is 0. The molecule has 0 radical (unpaired) electrons. The zero-order valence-corrected chi connectivity index (χ0v) is 14.8. The average Bonchev–Trinajstić information content (AvgIpc) is 3.41. The number of rotatable bonds is 3. The summed E-state index contributed by atoms with van der Waals surface area (Å²) in [6, 6.07) is 19.0. The van der Waals surface area contributed by atoms with Crippen molar-refractivity contribution in [3.63, 3.8) is 0 Å². The van der Waals surface area contributed by atoms with Gasteiger partial charge in [0.2, 0.25) is 5.91 Å². The Morgan fingerprint density at radius 2 is 1.65 bits per heavy atom. The van der Waals surface area contributed by atoms with Gasteiger partial charge < -0.3 is 9.47 Å². The van der Waals surface area contributed by atoms with Crippen LogP contribution in [-0.2, 0) is 10.2 Å². The number of likely N-dealkylation sites (tertiary alicyclic amines) is 1. The summed E-state index contributed by atoms with van der Waals surface area (Å²) in [4.78, 5) is 19.8. The summed E-state index contributed by atoms with van der Waals surface area (Å²) in [5, 5.41) is 0. The normalized spacial score (nSPS) is 19.6. The van der Waals surface area contributed by atoms with Crippen molar-refractivity contribution >= 4 is 16.9 Å². The van der Waals surface area contributed by atoms with E-state index < -0.39 is 0 Å². The fraction of sp³-hybridized carbons (Fsp3) is 0.364. The predicted octanol–water partition coefficient (Wildman–Crippen LogP) is 3.93. The van der Waals surface area contributed by atoms with E-state index >= 15 is 0 Å². The number of hydrogen-bond acceptors (Lipinski definition) is 2. The van der Waals surface area contributed by atoms with Crippen LogP contribution in [0.25, 0.3) is 11.0 Å². The van der Waals surface area contributed by atoms with Gasteiger partial charge >= 0.3 is 0 Å². The maximum atomic E-state index is 13.2. The monoisotopic (exact) mass is 345 g/mol. The SMILES string of the molecule is O=C(N1CCC(n2cnc3ccccc32)CC1)C1(c2ccccc2)CC1. The Morgan fingerprint density at radius 3 is 2.38 bits per heavy atom. The van der Waals surface area contributed by atoms with Crippen LogP contribution in [0.4, 0.5) is 0 Å². The topological polar surface area (TPSA) is 38.1 Å². The lowest BCUT2D eigenvalue weighted by molar-refractivity contribution is -0.135. The Kier molecular flexibility index (Phi) is 3.59. The minimum atomic E-state index is -0.240. The van der Waals surface area contributed by atoms with Crippen molar-refractivity contribution in [2.24, 2.45) is 0 Å². The molecule has 1 aliphatic heterocycles. The molecule has 0 bridgehead atoms. The van der Waals surface area contributed by atoms with Gasteiger partial charge in [-0.15, -0.1) is 0 Å². The summed E-state index contributed by atoms with van der Waals surface area (Å²) in [5.41, 5.74) is 3.19. The molecule has 5 rings (SSSR count). The van der Waals surface area contributed by atoms with Gasteiger partial charge in [0.05, 0.1) is 22.8 Å². The van der Waals surface area contributed by atoms with Gasteiger partial charge in [0.25, 0.3) is 0 Å². The van der Waals surface area contributed by atoms with Gasteiger partial charge in [0, 0.05) is 19.1 Å². The largest absolute Gasteiger partial charge is 0.342 e. The van der Waals surface area contributed by atoms with E-state index in [0.29, 0.717) is 11.9 Å². The molecule has 26 heavy (non-hydrogen) atoms. The summed E-state index contributed by atoms with van der Waals surface area (Å²) in [6.07, 6.45) is 5.93. The van der Waals surface area contributed by atoms with Crippen molar-refractivity contribution in [3.05, 3.63) is 66.5 Å². The number of carbonyl (C=O) groups is 1. The third-order valence-corrected chi connectivity index (χ3v) is 6.11. The molecule has 2 aliphatic rings. The summed E-state index contributed by atoms with van der Waals surface area (Å²) in [5.74, 6) is 0.331. The number of aromatic nitrogens is 2. The zero-order valence-electron chi connectivity index (χ0n) is 14.8. The van der Waals surface area contributed by atoms with Gasteiger partial charge in [-0.05, 0) is 43.4 Å². The maximum Gasteiger partial charge on any atom is 0.233 e. The van der Waals surface area contributed by atoms with Gasteiger partial charge in [0.1, 0.15) is 0 Å². The lowest BCUT2D eigenvalue weighted by Gasteiger charge is -2.35. The van der Waals surface area contributed by atoms with Crippen LogP contribution in [-0.4, -0.2) is 33.4 Å². The van der Waals surface area contributed by atoms with Crippen molar-refractivity contribution in [1.82, 2.24) is 14.5 Å². The molecule has 132 valence electrons. The van der Waals surface area contributed by atoms with Crippen LogP contribution < -0.4 is 0 Å². The third kappa shape index (κ3) is 2.44. The van der Waals surface area contributed by atoms with E-state index in [9.17, 15) is 4.79 Å². The van der Waals surface area contributed by atoms with E-state index in [1.807, 2.05) is 30.6 Å². The highest BCUT2D eigenvalue weighted by molar-refractivity contribution is 5.91. The van der Waals surface area contributed by atoms with E-state index in [4.69, 9.17) is 0 Å². The number of benzene rings is 2. The van der Waals surface area contributed by atoms with Crippen LogP contribution in [0.5, 0.6) is 0 Å². The maximum absolute atomic E-state index is 13.2. The second kappa shape index (κ2) is 5.97. The summed E-state index contributed by atoms with van der Waals surface area (Å²) in [6.45, 7) is 1.68. The number of amides is 1. The molecule has 2 aromatic carbocycles. The highest BCUT2D eigenvalue weighted by Gasteiger charge is 2.53. The second-order valence-corrected chi connectivity index (χ2v) is 7.61. The Morgan fingerprint density at radius 1 is 0.962 bits per heavy atom. The fourth-order valence-corrected chi connectivity index (χ4v) is 4.43. The number of para-hydroxylation sites is 2. The molecule has 3 aromatic rings. The number of imidazole rings is 1. The van der Waals surface area contributed by atoms with Crippen molar-refractivity contribution < 1.29 is 4.79 Å². The number of fused-ring (bicyclic) bond motifs is 1. The minimum absolute atomic E-state index is 0.240. The fourth-order valence-electron chi connectivity index (χ4n) is 4.43. The van der Waals surface area contributed by atoms with Crippen LogP contribution >= 0.6 is 0 Å². The van der Waals surface area contributed by atoms with Crippen molar-refractivity contribution in [2.45, 2.75) is 37.1 Å². The molecule has 4 heteroatoms. The number of nitrogens with zero attached hydrogens (tertiary/aromatic N) is 3. The zero-order chi connectivity index (χ0) is 17.6. The first-order chi connectivity index (χ1) is 12.8. The molecule has 2 heterocycles. The predicted molar refractivity (Wildman–Crippen MR) is 102 cm³/mol. The first-order valence-corrected chi connectivity index (χ1v) is 9.54. The van der Waals surface area contributed by atoms with Crippen LogP contribution in [0.3, 0.4) is 0 Å². The molecule has 2 fully saturated rings. The average molecular weight is 345 g/mol. The highest BCUT2D eigenvalue weighted by Crippen LogP contribution is 2.50. The van der Waals surface area contributed by atoms with E-state index in [1.54, 1.807) is 0 Å². The van der Waals surface area contributed by atoms with Gasteiger partial charge in [-0.3, -0.25) is 4.79 Å². The highest BCUT2D eigenvalue weighted by atomic mass is 16.2. The number of carbonyl (C=O) groups excluding carboxylic acids is 1. The van der Waals surface area contributed by atoms with Gasteiger partial charge in [-0.2, -0.15) is 0 Å². The molecule has 1 saturated heterocycles. The number of piperidine rings is 1. The second-order valence-electron chi connectivity index (χ2n) is 7.61. The Bertz CT molecular complexity index is 934. The van der Waals surface area contributed by atoms with E-state index in [-0.39, 0.29) is 5.41 Å². The lowest BCUT2D eigenvalue weighted by atomic mass is 9.93. The molecule has 1 aromatic heterocycles. The molecule has 0 N–H and O–H groups in total.